The van der Waals surface area contributed by atoms with Crippen LogP contribution in [0.25, 0.3) is 10.9 Å². The lowest BCUT2D eigenvalue weighted by atomic mass is 9.84. The van der Waals surface area contributed by atoms with Crippen LogP contribution >= 0.6 is 0 Å². The lowest BCUT2D eigenvalue weighted by Gasteiger charge is -2.40. The first kappa shape index (κ1) is 25.9. The van der Waals surface area contributed by atoms with E-state index in [-0.39, 0.29) is 43.9 Å². The number of rotatable bonds is 6. The first-order valence-corrected chi connectivity index (χ1v) is 12.2. The second kappa shape index (κ2) is 10.8. The van der Waals surface area contributed by atoms with Crippen molar-refractivity contribution in [2.75, 3.05) is 51.2 Å². The number of carbonyl (C=O) groups is 2. The van der Waals surface area contributed by atoms with Crippen molar-refractivity contribution in [1.29, 1.82) is 5.26 Å². The van der Waals surface area contributed by atoms with Crippen LogP contribution in [-0.4, -0.2) is 79.0 Å². The van der Waals surface area contributed by atoms with Gasteiger partial charge in [0.15, 0.2) is 0 Å². The van der Waals surface area contributed by atoms with Gasteiger partial charge in [-0.25, -0.2) is 0 Å². The molecule has 3 heterocycles. The molecular weight excluding hydrogens is 471 g/mol. The predicted octanol–water partition coefficient (Wildman–Crippen LogP) is 3.62. The number of alkyl halides is 3. The van der Waals surface area contributed by atoms with Gasteiger partial charge in [-0.2, -0.15) is 18.4 Å². The van der Waals surface area contributed by atoms with Crippen LogP contribution in [0.1, 0.15) is 31.2 Å². The molecule has 10 heteroatoms. The summed E-state index contributed by atoms with van der Waals surface area (Å²) in [6.45, 7) is 2.90. The van der Waals surface area contributed by atoms with Crippen molar-refractivity contribution in [2.24, 2.45) is 11.8 Å². The predicted molar refractivity (Wildman–Crippen MR) is 129 cm³/mol. The van der Waals surface area contributed by atoms with E-state index in [0.29, 0.717) is 41.8 Å². The largest absolute Gasteiger partial charge is 0.393 e. The van der Waals surface area contributed by atoms with Crippen LogP contribution in [0.4, 0.5) is 18.9 Å². The Morgan fingerprint density at radius 2 is 1.86 bits per heavy atom. The monoisotopic (exact) mass is 501 g/mol. The summed E-state index contributed by atoms with van der Waals surface area (Å²) in [5.41, 5.74) is 1.38. The molecule has 1 aromatic carbocycles. The summed E-state index contributed by atoms with van der Waals surface area (Å²) in [5, 5.41) is 10.0. The molecule has 192 valence electrons. The summed E-state index contributed by atoms with van der Waals surface area (Å²) >= 11 is 0. The maximum absolute atomic E-state index is 13.8. The van der Waals surface area contributed by atoms with Gasteiger partial charge in [-0.15, -0.1) is 0 Å². The van der Waals surface area contributed by atoms with E-state index < -0.39 is 18.0 Å². The van der Waals surface area contributed by atoms with Crippen LogP contribution in [0, 0.1) is 23.2 Å². The van der Waals surface area contributed by atoms with Gasteiger partial charge >= 0.3 is 6.18 Å². The molecule has 4 rings (SSSR count). The highest BCUT2D eigenvalue weighted by atomic mass is 19.4. The van der Waals surface area contributed by atoms with Crippen molar-refractivity contribution >= 4 is 28.3 Å². The SMILES string of the molecule is CN1CCN(C(=O)CCC(=O)CC2CC(C(F)(F)F)CN(c3ccc(C#N)c4ncccc34)C2)CC1. The normalized spacial score (nSPS) is 21.4. The van der Waals surface area contributed by atoms with Crippen LogP contribution < -0.4 is 4.90 Å². The first-order valence-electron chi connectivity index (χ1n) is 12.2. The third-order valence-corrected chi connectivity index (χ3v) is 7.20. The molecule has 0 saturated carbocycles. The number of amides is 1. The number of likely N-dealkylation sites (N-methyl/N-ethyl adjacent to an activating group) is 1. The molecule has 0 spiro atoms. The number of piperazine rings is 1. The van der Waals surface area contributed by atoms with Gasteiger partial charge in [0.05, 0.1) is 17.0 Å². The van der Waals surface area contributed by atoms with Gasteiger partial charge < -0.3 is 14.7 Å². The van der Waals surface area contributed by atoms with E-state index in [4.69, 9.17) is 0 Å². The van der Waals surface area contributed by atoms with E-state index in [1.165, 1.54) is 0 Å². The Labute approximate surface area is 208 Å². The topological polar surface area (TPSA) is 80.5 Å². The number of benzene rings is 1. The lowest BCUT2D eigenvalue weighted by Crippen LogP contribution is -2.47. The van der Waals surface area contributed by atoms with E-state index >= 15 is 0 Å². The number of aromatic nitrogens is 1. The zero-order valence-corrected chi connectivity index (χ0v) is 20.3. The molecule has 7 nitrogen and oxygen atoms in total. The van der Waals surface area contributed by atoms with Gasteiger partial charge in [0.2, 0.25) is 5.91 Å². The van der Waals surface area contributed by atoms with Gasteiger partial charge in [0.25, 0.3) is 0 Å². The number of halogens is 3. The van der Waals surface area contributed by atoms with Crippen molar-refractivity contribution in [3.8, 4) is 6.07 Å². The fourth-order valence-electron chi connectivity index (χ4n) is 5.19. The maximum atomic E-state index is 13.8. The second-order valence-electron chi connectivity index (χ2n) is 9.82. The summed E-state index contributed by atoms with van der Waals surface area (Å²) in [5.74, 6) is -2.32. The van der Waals surface area contributed by atoms with Crippen molar-refractivity contribution < 1.29 is 22.8 Å². The summed E-state index contributed by atoms with van der Waals surface area (Å²) in [6, 6.07) is 8.76. The lowest BCUT2D eigenvalue weighted by molar-refractivity contribution is -0.179. The molecule has 2 atom stereocenters. The van der Waals surface area contributed by atoms with Gasteiger partial charge in [-0.1, -0.05) is 0 Å². The molecule has 2 fully saturated rings. The summed E-state index contributed by atoms with van der Waals surface area (Å²) in [6.07, 6.45) is -2.82. The van der Waals surface area contributed by atoms with Crippen LogP contribution in [0.15, 0.2) is 30.5 Å². The molecule has 0 bridgehead atoms. The van der Waals surface area contributed by atoms with Gasteiger partial charge in [0.1, 0.15) is 11.9 Å². The van der Waals surface area contributed by atoms with E-state index in [9.17, 15) is 28.0 Å². The summed E-state index contributed by atoms with van der Waals surface area (Å²) in [4.78, 5) is 35.0. The first-order chi connectivity index (χ1) is 17.2. The number of hydrogen-bond donors (Lipinski definition) is 0. The molecule has 0 N–H and O–H groups in total. The number of pyridine rings is 1. The van der Waals surface area contributed by atoms with Gasteiger partial charge in [-0.05, 0) is 43.7 Å². The Balaban J connectivity index is 1.46. The smallest absolute Gasteiger partial charge is 0.370 e. The minimum Gasteiger partial charge on any atom is -0.370 e. The molecule has 0 radical (unpaired) electrons. The Kier molecular flexibility index (Phi) is 7.79. The Bertz CT molecular complexity index is 1150. The number of ketones is 1. The highest BCUT2D eigenvalue weighted by Gasteiger charge is 2.45. The number of carbonyl (C=O) groups excluding carboxylic acids is 2. The van der Waals surface area contributed by atoms with E-state index in [0.717, 1.165) is 13.1 Å². The number of anilines is 1. The summed E-state index contributed by atoms with van der Waals surface area (Å²) < 4.78 is 41.5. The Hall–Kier alpha value is -3.19. The number of fused-ring (bicyclic) bond motifs is 1. The molecule has 2 aliphatic heterocycles. The maximum Gasteiger partial charge on any atom is 0.393 e. The zero-order valence-electron chi connectivity index (χ0n) is 20.3. The Morgan fingerprint density at radius 1 is 1.11 bits per heavy atom. The van der Waals surface area contributed by atoms with Gasteiger partial charge in [0, 0.05) is 75.8 Å². The van der Waals surface area contributed by atoms with Crippen LogP contribution in [0.2, 0.25) is 0 Å². The minimum absolute atomic E-state index is 0.00552. The number of piperidine rings is 1. The number of nitrogens with zero attached hydrogens (tertiary/aromatic N) is 5. The van der Waals surface area contributed by atoms with Crippen LogP contribution in [0.3, 0.4) is 0 Å². The molecule has 2 aliphatic rings. The van der Waals surface area contributed by atoms with Crippen molar-refractivity contribution in [1.82, 2.24) is 14.8 Å². The summed E-state index contributed by atoms with van der Waals surface area (Å²) in [7, 11) is 1.99. The fraction of sp³-hybridized carbons (Fsp3) is 0.538. The van der Waals surface area contributed by atoms with Crippen molar-refractivity contribution in [3.63, 3.8) is 0 Å². The van der Waals surface area contributed by atoms with Crippen molar-refractivity contribution in [3.05, 3.63) is 36.0 Å². The zero-order chi connectivity index (χ0) is 25.9. The molecule has 0 aliphatic carbocycles. The number of nitriles is 1. The van der Waals surface area contributed by atoms with E-state index in [2.05, 4.69) is 16.0 Å². The molecule has 2 aromatic rings. The molecule has 1 amide bonds. The molecule has 36 heavy (non-hydrogen) atoms. The average Bonchev–Trinajstić information content (AvgIpc) is 2.86. The minimum atomic E-state index is -4.39. The average molecular weight is 502 g/mol. The quantitative estimate of drug-likeness (QED) is 0.602. The molecule has 2 saturated heterocycles. The van der Waals surface area contributed by atoms with E-state index in [1.54, 1.807) is 40.3 Å². The fourth-order valence-corrected chi connectivity index (χ4v) is 5.19. The molecule has 1 aromatic heterocycles. The number of hydrogen-bond acceptors (Lipinski definition) is 6. The molecule has 2 unspecified atom stereocenters. The van der Waals surface area contributed by atoms with E-state index in [1.807, 2.05) is 7.05 Å². The van der Waals surface area contributed by atoms with Crippen LogP contribution in [-0.2, 0) is 9.59 Å². The standard InChI is InChI=1S/C26H30F3N5O2/c1-32-9-11-33(12-10-32)24(36)7-5-21(35)14-18-13-20(26(27,28)29)17-34(16-18)23-6-4-19(15-30)25-22(23)3-2-8-31-25/h2-4,6,8,18,20H,5,7,9-14,16-17H2,1H3. The van der Waals surface area contributed by atoms with Gasteiger partial charge in [-0.3, -0.25) is 14.6 Å². The second-order valence-corrected chi connectivity index (χ2v) is 9.82. The third-order valence-electron chi connectivity index (χ3n) is 7.20. The highest BCUT2D eigenvalue weighted by Crippen LogP contribution is 2.40. The Morgan fingerprint density at radius 3 is 2.56 bits per heavy atom. The number of Topliss-reactive ketones (excluding diaryl/α,β-unsaturated/α-hetero) is 1. The van der Waals surface area contributed by atoms with Crippen LogP contribution in [0.5, 0.6) is 0 Å². The van der Waals surface area contributed by atoms with Crippen molar-refractivity contribution in [2.45, 2.75) is 31.9 Å². The molecular formula is C26H30F3N5O2. The third kappa shape index (κ3) is 5.95. The highest BCUT2D eigenvalue weighted by molar-refractivity contribution is 5.95.